The fourth-order valence-corrected chi connectivity index (χ4v) is 4.47. The maximum absolute atomic E-state index is 13.5. The molecule has 3 rings (SSSR count). The van der Waals surface area contributed by atoms with Gasteiger partial charge in [-0.1, -0.05) is 25.5 Å². The van der Waals surface area contributed by atoms with Crippen molar-refractivity contribution in [2.75, 3.05) is 6.54 Å². The molecule has 1 heterocycles. The maximum atomic E-state index is 13.5. The van der Waals surface area contributed by atoms with Crippen LogP contribution < -0.4 is 5.32 Å². The van der Waals surface area contributed by atoms with Crippen molar-refractivity contribution in [1.29, 1.82) is 0 Å². The molecule has 1 aliphatic rings. The van der Waals surface area contributed by atoms with E-state index in [1.165, 1.54) is 48.6 Å². The van der Waals surface area contributed by atoms with Crippen molar-refractivity contribution in [3.05, 3.63) is 57.0 Å². The zero-order chi connectivity index (χ0) is 14.7. The first-order chi connectivity index (χ1) is 10.3. The van der Waals surface area contributed by atoms with Crippen molar-refractivity contribution in [1.82, 2.24) is 5.32 Å². The van der Waals surface area contributed by atoms with E-state index in [0.29, 0.717) is 0 Å². The van der Waals surface area contributed by atoms with Gasteiger partial charge in [0.15, 0.2) is 0 Å². The minimum absolute atomic E-state index is 0.114. The smallest absolute Gasteiger partial charge is 0.123 e. The number of nitrogens with one attached hydrogen (secondary N) is 1. The van der Waals surface area contributed by atoms with Gasteiger partial charge in [0.2, 0.25) is 0 Å². The van der Waals surface area contributed by atoms with Crippen LogP contribution in [0.3, 0.4) is 0 Å². The van der Waals surface area contributed by atoms with Crippen LogP contribution in [-0.4, -0.2) is 6.54 Å². The Morgan fingerprint density at radius 2 is 2.05 bits per heavy atom. The first-order valence-corrected chi connectivity index (χ1v) is 8.70. The molecule has 0 bridgehead atoms. The zero-order valence-corrected chi connectivity index (χ0v) is 13.3. The molecule has 1 unspecified atom stereocenters. The lowest BCUT2D eigenvalue weighted by molar-refractivity contribution is 0.606. The van der Waals surface area contributed by atoms with Crippen molar-refractivity contribution in [2.24, 2.45) is 0 Å². The molecule has 0 saturated heterocycles. The molecule has 21 heavy (non-hydrogen) atoms. The number of benzene rings is 1. The first-order valence-electron chi connectivity index (χ1n) is 7.88. The van der Waals surface area contributed by atoms with E-state index in [4.69, 9.17) is 0 Å². The number of hydrogen-bond donors (Lipinski definition) is 1. The molecule has 0 radical (unpaired) electrons. The van der Waals surface area contributed by atoms with Gasteiger partial charge < -0.3 is 5.32 Å². The molecule has 3 heteroatoms. The van der Waals surface area contributed by atoms with Gasteiger partial charge in [0, 0.05) is 9.75 Å². The molecule has 1 atom stereocenters. The van der Waals surface area contributed by atoms with Gasteiger partial charge in [-0.05, 0) is 61.6 Å². The Morgan fingerprint density at radius 3 is 2.86 bits per heavy atom. The topological polar surface area (TPSA) is 12.0 Å². The Kier molecular flexibility index (Phi) is 4.71. The van der Waals surface area contributed by atoms with Crippen LogP contribution in [0.15, 0.2) is 30.3 Å². The monoisotopic (exact) mass is 303 g/mol. The van der Waals surface area contributed by atoms with E-state index in [9.17, 15) is 4.39 Å². The second-order valence-electron chi connectivity index (χ2n) is 5.70. The molecule has 0 fully saturated rings. The van der Waals surface area contributed by atoms with Crippen LogP contribution in [0.1, 0.15) is 53.1 Å². The Morgan fingerprint density at radius 1 is 1.19 bits per heavy atom. The number of aryl methyl sites for hydroxylation is 2. The highest BCUT2D eigenvalue weighted by Gasteiger charge is 2.19. The van der Waals surface area contributed by atoms with E-state index in [0.717, 1.165) is 12.1 Å². The Labute approximate surface area is 130 Å². The van der Waals surface area contributed by atoms with E-state index in [-0.39, 0.29) is 11.9 Å². The number of hydrogen-bond acceptors (Lipinski definition) is 2. The number of fused-ring (bicyclic) bond motifs is 1. The van der Waals surface area contributed by atoms with Gasteiger partial charge in [-0.25, -0.2) is 4.39 Å². The van der Waals surface area contributed by atoms with E-state index in [1.54, 1.807) is 17.0 Å². The Bertz CT molecular complexity index is 582. The summed E-state index contributed by atoms with van der Waals surface area (Å²) in [6, 6.07) is 9.44. The molecule has 1 aliphatic carbocycles. The lowest BCUT2D eigenvalue weighted by Crippen LogP contribution is -2.21. The predicted molar refractivity (Wildman–Crippen MR) is 87.5 cm³/mol. The van der Waals surface area contributed by atoms with Gasteiger partial charge in [-0.15, -0.1) is 11.3 Å². The minimum atomic E-state index is -0.159. The molecule has 1 aromatic carbocycles. The van der Waals surface area contributed by atoms with Crippen LogP contribution in [-0.2, 0) is 12.8 Å². The highest BCUT2D eigenvalue weighted by molar-refractivity contribution is 7.12. The molecule has 0 amide bonds. The zero-order valence-electron chi connectivity index (χ0n) is 12.5. The molecule has 0 saturated carbocycles. The molecule has 1 aromatic heterocycles. The second kappa shape index (κ2) is 6.71. The quantitative estimate of drug-likeness (QED) is 0.796. The number of halogens is 1. The molecule has 2 aromatic rings. The van der Waals surface area contributed by atoms with Gasteiger partial charge in [-0.3, -0.25) is 0 Å². The summed E-state index contributed by atoms with van der Waals surface area (Å²) in [5.74, 6) is -0.159. The molecular weight excluding hydrogens is 281 g/mol. The fraction of sp³-hybridized carbons (Fsp3) is 0.444. The predicted octanol–water partition coefficient (Wildman–Crippen LogP) is 4.86. The standard InChI is InChI=1S/C18H22FNS/c1-2-20-18(14-8-6-9-15(19)11-14)17-12-13-7-4-3-5-10-16(13)21-17/h6,8-9,11-12,18,20H,2-5,7,10H2,1H3. The van der Waals surface area contributed by atoms with Crippen LogP contribution >= 0.6 is 11.3 Å². The van der Waals surface area contributed by atoms with Gasteiger partial charge in [0.1, 0.15) is 5.82 Å². The van der Waals surface area contributed by atoms with Crippen molar-refractivity contribution in [3.8, 4) is 0 Å². The van der Waals surface area contributed by atoms with Gasteiger partial charge in [0.25, 0.3) is 0 Å². The Balaban J connectivity index is 1.94. The van der Waals surface area contributed by atoms with Crippen LogP contribution in [0.4, 0.5) is 4.39 Å². The molecule has 0 spiro atoms. The van der Waals surface area contributed by atoms with Crippen molar-refractivity contribution in [3.63, 3.8) is 0 Å². The van der Waals surface area contributed by atoms with Crippen LogP contribution in [0.25, 0.3) is 0 Å². The van der Waals surface area contributed by atoms with Crippen molar-refractivity contribution < 1.29 is 4.39 Å². The average Bonchev–Trinajstić information content (AvgIpc) is 2.75. The molecule has 0 aliphatic heterocycles. The highest BCUT2D eigenvalue weighted by atomic mass is 32.1. The van der Waals surface area contributed by atoms with E-state index < -0.39 is 0 Å². The summed E-state index contributed by atoms with van der Waals surface area (Å²) in [4.78, 5) is 2.87. The normalized spacial score (nSPS) is 16.3. The molecule has 112 valence electrons. The van der Waals surface area contributed by atoms with Gasteiger partial charge in [0.05, 0.1) is 6.04 Å². The lowest BCUT2D eigenvalue weighted by Gasteiger charge is -2.17. The minimum Gasteiger partial charge on any atom is -0.306 e. The average molecular weight is 303 g/mol. The third kappa shape index (κ3) is 3.35. The number of thiophene rings is 1. The SMILES string of the molecule is CCNC(c1cccc(F)c1)c1cc2c(s1)CCCCC2. The van der Waals surface area contributed by atoms with Crippen molar-refractivity contribution >= 4 is 11.3 Å². The lowest BCUT2D eigenvalue weighted by atomic mass is 10.0. The summed E-state index contributed by atoms with van der Waals surface area (Å²) in [7, 11) is 0. The second-order valence-corrected chi connectivity index (χ2v) is 6.87. The highest BCUT2D eigenvalue weighted by Crippen LogP contribution is 2.35. The van der Waals surface area contributed by atoms with Gasteiger partial charge in [-0.2, -0.15) is 0 Å². The van der Waals surface area contributed by atoms with E-state index >= 15 is 0 Å². The fourth-order valence-electron chi connectivity index (χ4n) is 3.11. The van der Waals surface area contributed by atoms with Gasteiger partial charge >= 0.3 is 0 Å². The molecular formula is C18H22FNS. The third-order valence-corrected chi connectivity index (χ3v) is 5.44. The van der Waals surface area contributed by atoms with E-state index in [1.807, 2.05) is 17.4 Å². The summed E-state index contributed by atoms with van der Waals surface area (Å²) < 4.78 is 13.5. The van der Waals surface area contributed by atoms with Crippen molar-refractivity contribution in [2.45, 2.75) is 45.1 Å². The van der Waals surface area contributed by atoms with Crippen LogP contribution in [0.2, 0.25) is 0 Å². The van der Waals surface area contributed by atoms with Crippen LogP contribution in [0.5, 0.6) is 0 Å². The first kappa shape index (κ1) is 14.7. The van der Waals surface area contributed by atoms with Crippen LogP contribution in [0, 0.1) is 5.82 Å². The summed E-state index contributed by atoms with van der Waals surface area (Å²) in [5, 5.41) is 3.51. The summed E-state index contributed by atoms with van der Waals surface area (Å²) in [5.41, 5.74) is 2.54. The van der Waals surface area contributed by atoms with E-state index in [2.05, 4.69) is 18.3 Å². The maximum Gasteiger partial charge on any atom is 0.123 e. The number of rotatable bonds is 4. The third-order valence-electron chi connectivity index (χ3n) is 4.14. The summed E-state index contributed by atoms with van der Waals surface area (Å²) in [6.45, 7) is 2.98. The summed E-state index contributed by atoms with van der Waals surface area (Å²) in [6.07, 6.45) is 6.36. The molecule has 1 nitrogen and oxygen atoms in total. The largest absolute Gasteiger partial charge is 0.306 e. The summed E-state index contributed by atoms with van der Waals surface area (Å²) >= 11 is 1.91. The molecule has 1 N–H and O–H groups in total. The Hall–Kier alpha value is -1.19.